The van der Waals surface area contributed by atoms with Crippen LogP contribution in [0.2, 0.25) is 19.1 Å². The summed E-state index contributed by atoms with van der Waals surface area (Å²) in [5.74, 6) is 0.521. The van der Waals surface area contributed by atoms with Crippen molar-refractivity contribution in [1.82, 2.24) is 9.97 Å². The van der Waals surface area contributed by atoms with Gasteiger partial charge < -0.3 is 19.9 Å². The molecule has 3 heterocycles. The van der Waals surface area contributed by atoms with Gasteiger partial charge in [-0.2, -0.15) is 0 Å². The second kappa shape index (κ2) is 8.63. The third-order valence-corrected chi connectivity index (χ3v) is 5.41. The number of cyclic esters (lactones) is 1. The summed E-state index contributed by atoms with van der Waals surface area (Å²) < 4.78 is 16.3. The van der Waals surface area contributed by atoms with Gasteiger partial charge in [0.15, 0.2) is 12.4 Å². The molecule has 2 aliphatic heterocycles. The Morgan fingerprint density at radius 3 is 2.96 bits per heavy atom. The molecule has 1 aromatic heterocycles. The van der Waals surface area contributed by atoms with Crippen LogP contribution in [0.4, 0.5) is 16.4 Å². The minimum absolute atomic E-state index is 0.0721. The molecule has 1 aromatic rings. The van der Waals surface area contributed by atoms with Gasteiger partial charge in [0.2, 0.25) is 5.82 Å². The normalized spacial score (nSPS) is 19.0. The average Bonchev–Trinajstić information content (AvgIpc) is 3.00. The van der Waals surface area contributed by atoms with Crippen molar-refractivity contribution in [2.75, 3.05) is 42.8 Å². The van der Waals surface area contributed by atoms with E-state index in [0.29, 0.717) is 31.9 Å². The molecule has 146 valence electrons. The number of hydrogen-bond acceptors (Lipinski definition) is 8. The molecule has 0 aliphatic carbocycles. The number of nitrogens with two attached hydrogens (primary N) is 1. The fourth-order valence-corrected chi connectivity index (χ4v) is 3.26. The highest BCUT2D eigenvalue weighted by atomic mass is 28.3. The van der Waals surface area contributed by atoms with E-state index in [1.807, 2.05) is 0 Å². The van der Waals surface area contributed by atoms with E-state index in [0.717, 1.165) is 6.04 Å². The zero-order valence-electron chi connectivity index (χ0n) is 15.5. The fourth-order valence-electron chi connectivity index (χ4n) is 2.70. The second-order valence-corrected chi connectivity index (χ2v) is 9.57. The minimum atomic E-state index is -0.505. The molecule has 11 heteroatoms. The zero-order valence-corrected chi connectivity index (χ0v) is 16.5. The molecule has 0 saturated carbocycles. The summed E-state index contributed by atoms with van der Waals surface area (Å²) in [5, 5.41) is 0. The van der Waals surface area contributed by atoms with Crippen molar-refractivity contribution < 1.29 is 23.8 Å². The van der Waals surface area contributed by atoms with Crippen LogP contribution in [-0.4, -0.2) is 69.9 Å². The van der Waals surface area contributed by atoms with Gasteiger partial charge >= 0.3 is 14.9 Å². The van der Waals surface area contributed by atoms with E-state index in [-0.39, 0.29) is 37.0 Å². The first-order chi connectivity index (χ1) is 13.0. The lowest BCUT2D eigenvalue weighted by Gasteiger charge is -2.27. The van der Waals surface area contributed by atoms with E-state index in [9.17, 15) is 9.59 Å². The Hall–Kier alpha value is -2.24. The largest absolute Gasteiger partial charge is 0.465 e. The Balaban J connectivity index is 1.75. The molecule has 27 heavy (non-hydrogen) atoms. The molecule has 1 fully saturated rings. The van der Waals surface area contributed by atoms with Crippen LogP contribution >= 0.6 is 0 Å². The van der Waals surface area contributed by atoms with Gasteiger partial charge in [-0.25, -0.2) is 14.8 Å². The lowest BCUT2D eigenvalue weighted by atomic mass is 10.2. The molecular formula is C16H24N5O5Si+. The quantitative estimate of drug-likeness (QED) is 0.503. The van der Waals surface area contributed by atoms with E-state index in [1.54, 1.807) is 0 Å². The Kier molecular flexibility index (Phi) is 6.24. The van der Waals surface area contributed by atoms with Gasteiger partial charge in [-0.15, -0.1) is 0 Å². The second-order valence-electron chi connectivity index (χ2n) is 6.66. The molecule has 0 bridgehead atoms. The molecule has 1 atom stereocenters. The van der Waals surface area contributed by atoms with E-state index < -0.39 is 14.9 Å². The van der Waals surface area contributed by atoms with Gasteiger partial charge in [0.05, 0.1) is 38.5 Å². The number of carbonyl (C=O) groups excluding carboxylic acids is 2. The molecule has 2 aliphatic rings. The maximum Gasteiger partial charge on any atom is 0.415 e. The summed E-state index contributed by atoms with van der Waals surface area (Å²) in [6.45, 7) is 5.70. The number of nitrogens with zero attached hydrogens (tertiary/aromatic N) is 4. The third kappa shape index (κ3) is 4.54. The van der Waals surface area contributed by atoms with Crippen molar-refractivity contribution in [3.8, 4) is 5.88 Å². The smallest absolute Gasteiger partial charge is 0.415 e. The van der Waals surface area contributed by atoms with Crippen molar-refractivity contribution in [2.24, 2.45) is 5.73 Å². The summed E-state index contributed by atoms with van der Waals surface area (Å²) >= 11 is 0. The molecule has 2 N–H and O–H groups in total. The van der Waals surface area contributed by atoms with Crippen LogP contribution in [0.15, 0.2) is 6.20 Å². The van der Waals surface area contributed by atoms with Crippen LogP contribution in [0.3, 0.4) is 0 Å². The molecule has 0 radical (unpaired) electrons. The van der Waals surface area contributed by atoms with Crippen molar-refractivity contribution in [1.29, 1.82) is 0 Å². The van der Waals surface area contributed by atoms with Crippen LogP contribution in [0.5, 0.6) is 5.88 Å². The molecule has 3 rings (SSSR count). The predicted octanol–water partition coefficient (Wildman–Crippen LogP) is 0.605. The highest BCUT2D eigenvalue weighted by Crippen LogP contribution is 2.31. The lowest BCUT2D eigenvalue weighted by molar-refractivity contribution is -0.122. The SMILES string of the molecule is C[Si+](C)CCOCN1C(=O)COc2ncc(N3C[C@@H](CCN)OC3=O)nc21. The first-order valence-corrected chi connectivity index (χ1v) is 11.6. The van der Waals surface area contributed by atoms with E-state index in [1.165, 1.54) is 16.0 Å². The van der Waals surface area contributed by atoms with Gasteiger partial charge in [-0.1, -0.05) is 0 Å². The Morgan fingerprint density at radius 2 is 2.22 bits per heavy atom. The highest BCUT2D eigenvalue weighted by molar-refractivity contribution is 6.55. The van der Waals surface area contributed by atoms with Gasteiger partial charge in [0.25, 0.3) is 11.8 Å². The number of hydrogen-bond donors (Lipinski definition) is 1. The monoisotopic (exact) mass is 394 g/mol. The number of aromatic nitrogens is 2. The van der Waals surface area contributed by atoms with Crippen molar-refractivity contribution in [3.63, 3.8) is 0 Å². The van der Waals surface area contributed by atoms with Crippen LogP contribution < -0.4 is 20.3 Å². The predicted molar refractivity (Wildman–Crippen MR) is 99.4 cm³/mol. The standard InChI is InChI=1S/C16H24N5O5Si/c1-27(2)6-5-24-10-21-13(22)9-25-15-14(21)19-12(7-18-15)20-8-11(3-4-17)26-16(20)23/h7,11H,3-6,8-10,17H2,1-2H3/q+1/t11-/m1/s1. The van der Waals surface area contributed by atoms with Gasteiger partial charge in [-0.3, -0.25) is 14.6 Å². The topological polar surface area (TPSA) is 120 Å². The zero-order chi connectivity index (χ0) is 19.4. The number of carbonyl (C=O) groups is 2. The summed E-state index contributed by atoms with van der Waals surface area (Å²) in [5.41, 5.74) is 5.53. The maximum absolute atomic E-state index is 12.3. The molecular weight excluding hydrogens is 370 g/mol. The summed E-state index contributed by atoms with van der Waals surface area (Å²) in [6.07, 6.45) is 1.22. The summed E-state index contributed by atoms with van der Waals surface area (Å²) in [7, 11) is -0.392. The number of amides is 2. The molecule has 2 amide bonds. The van der Waals surface area contributed by atoms with E-state index in [4.69, 9.17) is 19.9 Å². The molecule has 0 unspecified atom stereocenters. The Bertz CT molecular complexity index is 704. The maximum atomic E-state index is 12.3. The Morgan fingerprint density at radius 1 is 1.41 bits per heavy atom. The molecule has 0 aromatic carbocycles. The molecule has 10 nitrogen and oxygen atoms in total. The minimum Gasteiger partial charge on any atom is -0.465 e. The van der Waals surface area contributed by atoms with Crippen molar-refractivity contribution in [3.05, 3.63) is 6.20 Å². The number of fused-ring (bicyclic) bond motifs is 1. The first-order valence-electron chi connectivity index (χ1n) is 8.84. The van der Waals surface area contributed by atoms with Crippen LogP contribution in [0.25, 0.3) is 0 Å². The molecule has 1 saturated heterocycles. The third-order valence-electron chi connectivity index (χ3n) is 4.20. The molecule has 0 spiro atoms. The Labute approximate surface area is 159 Å². The average molecular weight is 394 g/mol. The van der Waals surface area contributed by atoms with Crippen molar-refractivity contribution >= 4 is 32.4 Å². The van der Waals surface area contributed by atoms with Crippen molar-refractivity contribution in [2.45, 2.75) is 31.7 Å². The fraction of sp³-hybridized carbons (Fsp3) is 0.625. The summed E-state index contributed by atoms with van der Waals surface area (Å²) in [6, 6.07) is 0.990. The van der Waals surface area contributed by atoms with Crippen LogP contribution in [0, 0.1) is 0 Å². The van der Waals surface area contributed by atoms with Gasteiger partial charge in [0, 0.05) is 0 Å². The summed E-state index contributed by atoms with van der Waals surface area (Å²) in [4.78, 5) is 35.8. The van der Waals surface area contributed by atoms with Crippen LogP contribution in [0.1, 0.15) is 6.42 Å². The van der Waals surface area contributed by atoms with Crippen LogP contribution in [-0.2, 0) is 14.3 Å². The van der Waals surface area contributed by atoms with Gasteiger partial charge in [-0.05, 0) is 13.0 Å². The first kappa shape index (κ1) is 19.5. The lowest BCUT2D eigenvalue weighted by Crippen LogP contribution is -2.41. The van der Waals surface area contributed by atoms with E-state index >= 15 is 0 Å². The number of ether oxygens (including phenoxy) is 3. The number of anilines is 2. The van der Waals surface area contributed by atoms with E-state index in [2.05, 4.69) is 23.1 Å². The number of rotatable bonds is 8. The highest BCUT2D eigenvalue weighted by Gasteiger charge is 2.35. The van der Waals surface area contributed by atoms with Gasteiger partial charge in [0.1, 0.15) is 12.8 Å².